The molecule has 0 aliphatic rings. The van der Waals surface area contributed by atoms with Crippen LogP contribution in [0.2, 0.25) is 0 Å². The molecule has 0 atom stereocenters. The quantitative estimate of drug-likeness (QED) is 0.931. The summed E-state index contributed by atoms with van der Waals surface area (Å²) in [6, 6.07) is 3.82. The van der Waals surface area contributed by atoms with E-state index in [0.29, 0.717) is 23.0 Å². The Morgan fingerprint density at radius 3 is 2.29 bits per heavy atom. The maximum atomic E-state index is 5.50. The molecule has 1 heterocycles. The lowest BCUT2D eigenvalue weighted by molar-refractivity contribution is 0.378. The second-order valence-electron chi connectivity index (χ2n) is 5.72. The molecule has 0 unspecified atom stereocenters. The molecular weight excluding hydrogens is 270 g/mol. The van der Waals surface area contributed by atoms with Crippen LogP contribution in [-0.2, 0) is 12.0 Å². The van der Waals surface area contributed by atoms with Gasteiger partial charge >= 0.3 is 0 Å². The van der Waals surface area contributed by atoms with Gasteiger partial charge in [0.1, 0.15) is 11.5 Å². The number of benzene rings is 1. The van der Waals surface area contributed by atoms with Crippen LogP contribution in [0.5, 0.6) is 11.5 Å². The smallest absolute Gasteiger partial charge is 0.240 e. The Morgan fingerprint density at radius 1 is 1.14 bits per heavy atom. The second kappa shape index (κ2) is 5.73. The van der Waals surface area contributed by atoms with Crippen LogP contribution in [-0.4, -0.2) is 24.4 Å². The summed E-state index contributed by atoms with van der Waals surface area (Å²) in [5, 5.41) is 3.93. The third-order valence-electron chi connectivity index (χ3n) is 3.21. The number of aromatic nitrogens is 2. The number of hydrogen-bond donors (Lipinski definition) is 1. The van der Waals surface area contributed by atoms with Crippen LogP contribution in [0.4, 0.5) is 0 Å². The summed E-state index contributed by atoms with van der Waals surface area (Å²) in [4.78, 5) is 4.24. The van der Waals surface area contributed by atoms with Crippen LogP contribution >= 0.6 is 0 Å². The van der Waals surface area contributed by atoms with Crippen molar-refractivity contribution >= 4 is 0 Å². The Kier molecular flexibility index (Phi) is 4.18. The predicted octanol–water partition coefficient (Wildman–Crippen LogP) is 2.51. The van der Waals surface area contributed by atoms with Gasteiger partial charge in [0.05, 0.1) is 26.3 Å². The summed E-state index contributed by atoms with van der Waals surface area (Å²) in [6.45, 7) is 6.55. The third kappa shape index (κ3) is 3.00. The molecule has 1 aromatic carbocycles. The van der Waals surface area contributed by atoms with Crippen molar-refractivity contribution in [3.8, 4) is 22.9 Å². The fourth-order valence-electron chi connectivity index (χ4n) is 2.11. The van der Waals surface area contributed by atoms with Crippen LogP contribution in [0.3, 0.4) is 0 Å². The fraction of sp³-hybridized carbons (Fsp3) is 0.467. The van der Waals surface area contributed by atoms with Crippen LogP contribution in [0.15, 0.2) is 16.7 Å². The highest BCUT2D eigenvalue weighted by Crippen LogP contribution is 2.39. The highest BCUT2D eigenvalue weighted by atomic mass is 16.5. The minimum Gasteiger partial charge on any atom is -0.496 e. The van der Waals surface area contributed by atoms with E-state index in [1.165, 1.54) is 0 Å². The Balaban J connectivity index is 2.61. The van der Waals surface area contributed by atoms with Crippen LogP contribution < -0.4 is 15.2 Å². The summed E-state index contributed by atoms with van der Waals surface area (Å²) in [7, 11) is 3.25. The second-order valence-corrected chi connectivity index (χ2v) is 5.72. The maximum absolute atomic E-state index is 5.50. The minimum absolute atomic E-state index is 0.0726. The van der Waals surface area contributed by atoms with Gasteiger partial charge in [0.15, 0.2) is 0 Å². The van der Waals surface area contributed by atoms with Gasteiger partial charge in [0, 0.05) is 5.56 Å². The van der Waals surface area contributed by atoms with Gasteiger partial charge in [-0.1, -0.05) is 25.9 Å². The summed E-state index contributed by atoms with van der Waals surface area (Å²) >= 11 is 0. The molecule has 0 amide bonds. The zero-order valence-electron chi connectivity index (χ0n) is 13.1. The molecule has 1 aromatic heterocycles. The molecule has 0 saturated carbocycles. The first kappa shape index (κ1) is 15.3. The van der Waals surface area contributed by atoms with Crippen molar-refractivity contribution in [1.82, 2.24) is 10.1 Å². The van der Waals surface area contributed by atoms with Gasteiger partial charge < -0.3 is 19.7 Å². The number of nitrogens with two attached hydrogens (primary N) is 1. The van der Waals surface area contributed by atoms with E-state index in [1.54, 1.807) is 14.2 Å². The third-order valence-corrected chi connectivity index (χ3v) is 3.21. The molecule has 114 valence electrons. The van der Waals surface area contributed by atoms with E-state index >= 15 is 0 Å². The van der Waals surface area contributed by atoms with E-state index in [1.807, 2.05) is 12.1 Å². The van der Waals surface area contributed by atoms with E-state index in [0.717, 1.165) is 11.3 Å². The Labute approximate surface area is 124 Å². The Hall–Kier alpha value is -2.08. The lowest BCUT2D eigenvalue weighted by atomic mass is 9.85. The number of hydrogen-bond acceptors (Lipinski definition) is 6. The number of ether oxygens (including phenoxy) is 2. The Bertz CT molecular complexity index is 630. The summed E-state index contributed by atoms with van der Waals surface area (Å²) in [6.07, 6.45) is 0. The van der Waals surface area contributed by atoms with E-state index in [2.05, 4.69) is 30.9 Å². The molecular formula is C15H21N3O3. The molecule has 0 aliphatic carbocycles. The normalized spacial score (nSPS) is 11.5. The van der Waals surface area contributed by atoms with Gasteiger partial charge in [0.2, 0.25) is 11.7 Å². The van der Waals surface area contributed by atoms with E-state index in [9.17, 15) is 0 Å². The highest BCUT2D eigenvalue weighted by molar-refractivity contribution is 5.68. The first-order valence-corrected chi connectivity index (χ1v) is 6.70. The van der Waals surface area contributed by atoms with E-state index in [4.69, 9.17) is 19.7 Å². The SMILES string of the molecule is COc1cc(C(C)(C)C)c(OC)cc1-c1noc(CN)n1. The average molecular weight is 291 g/mol. The first-order chi connectivity index (χ1) is 9.90. The number of nitrogens with zero attached hydrogens (tertiary/aromatic N) is 2. The van der Waals surface area contributed by atoms with Gasteiger partial charge in [-0.3, -0.25) is 0 Å². The molecule has 0 spiro atoms. The van der Waals surface area contributed by atoms with Crippen molar-refractivity contribution in [3.05, 3.63) is 23.6 Å². The van der Waals surface area contributed by atoms with Crippen molar-refractivity contribution in [2.75, 3.05) is 14.2 Å². The standard InChI is InChI=1S/C15H21N3O3/c1-15(2,3)10-7-11(19-4)9(6-12(10)20-5)14-17-13(8-16)21-18-14/h6-7H,8,16H2,1-5H3. The van der Waals surface area contributed by atoms with Crippen LogP contribution in [0.1, 0.15) is 32.2 Å². The van der Waals surface area contributed by atoms with Crippen molar-refractivity contribution in [1.29, 1.82) is 0 Å². The molecule has 0 fully saturated rings. The molecule has 21 heavy (non-hydrogen) atoms. The molecule has 6 heteroatoms. The molecule has 6 nitrogen and oxygen atoms in total. The van der Waals surface area contributed by atoms with Gasteiger partial charge in [-0.25, -0.2) is 0 Å². The number of rotatable bonds is 4. The lowest BCUT2D eigenvalue weighted by Crippen LogP contribution is -2.13. The molecule has 0 bridgehead atoms. The molecule has 2 aromatic rings. The van der Waals surface area contributed by atoms with Gasteiger partial charge in [0.25, 0.3) is 0 Å². The first-order valence-electron chi connectivity index (χ1n) is 6.70. The van der Waals surface area contributed by atoms with E-state index < -0.39 is 0 Å². The van der Waals surface area contributed by atoms with E-state index in [-0.39, 0.29) is 12.0 Å². The van der Waals surface area contributed by atoms with Gasteiger partial charge in [-0.2, -0.15) is 4.98 Å². The zero-order valence-corrected chi connectivity index (χ0v) is 13.1. The lowest BCUT2D eigenvalue weighted by Gasteiger charge is -2.23. The molecule has 2 N–H and O–H groups in total. The zero-order chi connectivity index (χ0) is 15.6. The largest absolute Gasteiger partial charge is 0.496 e. The highest BCUT2D eigenvalue weighted by Gasteiger charge is 2.23. The monoisotopic (exact) mass is 291 g/mol. The minimum atomic E-state index is -0.0726. The molecule has 2 rings (SSSR count). The summed E-state index contributed by atoms with van der Waals surface area (Å²) in [5.41, 5.74) is 7.19. The molecule has 0 saturated heterocycles. The maximum Gasteiger partial charge on any atom is 0.240 e. The van der Waals surface area contributed by atoms with Crippen molar-refractivity contribution in [2.45, 2.75) is 32.7 Å². The predicted molar refractivity (Wildman–Crippen MR) is 79.4 cm³/mol. The number of methoxy groups -OCH3 is 2. The average Bonchev–Trinajstić information content (AvgIpc) is 2.93. The van der Waals surface area contributed by atoms with Crippen LogP contribution in [0.25, 0.3) is 11.4 Å². The van der Waals surface area contributed by atoms with Gasteiger partial charge in [-0.05, 0) is 17.5 Å². The van der Waals surface area contributed by atoms with Gasteiger partial charge in [-0.15, -0.1) is 0 Å². The van der Waals surface area contributed by atoms with Crippen molar-refractivity contribution in [3.63, 3.8) is 0 Å². The Morgan fingerprint density at radius 2 is 1.81 bits per heavy atom. The molecule has 0 aliphatic heterocycles. The molecule has 0 radical (unpaired) electrons. The van der Waals surface area contributed by atoms with Crippen molar-refractivity contribution in [2.24, 2.45) is 5.73 Å². The van der Waals surface area contributed by atoms with Crippen LogP contribution in [0, 0.1) is 0 Å². The topological polar surface area (TPSA) is 83.4 Å². The fourth-order valence-corrected chi connectivity index (χ4v) is 2.11. The summed E-state index contributed by atoms with van der Waals surface area (Å²) < 4.78 is 16.0. The summed E-state index contributed by atoms with van der Waals surface area (Å²) in [5.74, 6) is 2.25. The van der Waals surface area contributed by atoms with Crippen molar-refractivity contribution < 1.29 is 14.0 Å².